The van der Waals surface area contributed by atoms with Crippen LogP contribution in [0.1, 0.15) is 56.1 Å². The minimum atomic E-state index is -0.147. The molecule has 1 aliphatic heterocycles. The molecule has 0 spiro atoms. The van der Waals surface area contributed by atoms with Crippen LogP contribution in [0, 0.1) is 0 Å². The highest BCUT2D eigenvalue weighted by Gasteiger charge is 2.32. The maximum Gasteiger partial charge on any atom is 0.273 e. The van der Waals surface area contributed by atoms with Crippen LogP contribution in [-0.2, 0) is 4.79 Å². The van der Waals surface area contributed by atoms with Crippen LogP contribution in [0.15, 0.2) is 30.3 Å². The van der Waals surface area contributed by atoms with E-state index in [-0.39, 0.29) is 24.5 Å². The number of benzene rings is 1. The molecule has 144 valence electrons. The summed E-state index contributed by atoms with van der Waals surface area (Å²) in [5.74, 6) is -0.255. The first-order valence-electron chi connectivity index (χ1n) is 9.38. The van der Waals surface area contributed by atoms with Gasteiger partial charge < -0.3 is 10.2 Å². The molecule has 1 N–H and O–H groups in total. The number of nitrogens with zero attached hydrogens (tertiary/aromatic N) is 3. The lowest BCUT2D eigenvalue weighted by molar-refractivity contribution is -0.119. The molecule has 2 aromatic rings. The Bertz CT molecular complexity index is 816. The van der Waals surface area contributed by atoms with E-state index in [4.69, 9.17) is 16.7 Å². The summed E-state index contributed by atoms with van der Waals surface area (Å²) < 4.78 is 1.87. The van der Waals surface area contributed by atoms with Crippen molar-refractivity contribution in [2.24, 2.45) is 0 Å². The average Bonchev–Trinajstić information content (AvgIpc) is 3.09. The smallest absolute Gasteiger partial charge is 0.273 e. The number of rotatable bonds is 7. The third kappa shape index (κ3) is 4.50. The molecule has 2 heterocycles. The predicted octanol–water partition coefficient (Wildman–Crippen LogP) is 3.87. The van der Waals surface area contributed by atoms with Crippen LogP contribution in [0.2, 0.25) is 5.02 Å². The molecule has 1 aromatic heterocycles. The summed E-state index contributed by atoms with van der Waals surface area (Å²) in [6.45, 7) is 4.40. The van der Waals surface area contributed by atoms with Crippen molar-refractivity contribution in [3.8, 4) is 11.3 Å². The number of unbranched alkanes of at least 4 members (excludes halogenated alkanes) is 2. The molecule has 0 aliphatic carbocycles. The first-order chi connectivity index (χ1) is 13.0. The van der Waals surface area contributed by atoms with E-state index >= 15 is 0 Å². The fourth-order valence-corrected chi connectivity index (χ4v) is 3.48. The van der Waals surface area contributed by atoms with Gasteiger partial charge in [-0.15, -0.1) is 0 Å². The second-order valence-electron chi connectivity index (χ2n) is 6.93. The SMILES string of the molecule is CCCCCC1CN(CNC(C)=O)C(=O)c2cc(-c3ccc(Cl)cc3)nn21. The Kier molecular flexibility index (Phi) is 6.16. The third-order valence-electron chi connectivity index (χ3n) is 4.82. The molecule has 27 heavy (non-hydrogen) atoms. The lowest BCUT2D eigenvalue weighted by atomic mass is 10.1. The number of aromatic nitrogens is 2. The zero-order valence-electron chi connectivity index (χ0n) is 15.7. The molecule has 0 fully saturated rings. The molecule has 1 aromatic carbocycles. The first-order valence-corrected chi connectivity index (χ1v) is 9.76. The van der Waals surface area contributed by atoms with Gasteiger partial charge in [0.2, 0.25) is 5.91 Å². The fourth-order valence-electron chi connectivity index (χ4n) is 3.36. The number of carbonyl (C=O) groups excluding carboxylic acids is 2. The summed E-state index contributed by atoms with van der Waals surface area (Å²) in [4.78, 5) is 25.9. The number of carbonyl (C=O) groups is 2. The van der Waals surface area contributed by atoms with Crippen molar-refractivity contribution >= 4 is 23.4 Å². The van der Waals surface area contributed by atoms with Gasteiger partial charge in [-0.2, -0.15) is 5.10 Å². The number of hydrogen-bond donors (Lipinski definition) is 1. The molecule has 1 aliphatic rings. The Morgan fingerprint density at radius 1 is 1.30 bits per heavy atom. The molecule has 6 nitrogen and oxygen atoms in total. The molecule has 7 heteroatoms. The molecule has 0 radical (unpaired) electrons. The zero-order valence-corrected chi connectivity index (χ0v) is 16.5. The van der Waals surface area contributed by atoms with E-state index in [0.29, 0.717) is 17.3 Å². The number of fused-ring (bicyclic) bond motifs is 1. The standard InChI is InChI=1S/C20H25ClN4O2/c1-3-4-5-6-17-12-24(13-22-14(2)26)20(27)19-11-18(23-25(17)19)15-7-9-16(21)10-8-15/h7-11,17H,3-6,12-13H2,1-2H3,(H,22,26). The summed E-state index contributed by atoms with van der Waals surface area (Å²) in [6, 6.07) is 9.39. The lowest BCUT2D eigenvalue weighted by Crippen LogP contribution is -2.48. The molecule has 0 bridgehead atoms. The van der Waals surface area contributed by atoms with Gasteiger partial charge in [-0.3, -0.25) is 14.3 Å². The van der Waals surface area contributed by atoms with Gasteiger partial charge in [0.05, 0.1) is 18.4 Å². The van der Waals surface area contributed by atoms with Crippen molar-refractivity contribution in [1.82, 2.24) is 20.0 Å². The van der Waals surface area contributed by atoms with Crippen molar-refractivity contribution in [1.29, 1.82) is 0 Å². The zero-order chi connectivity index (χ0) is 19.4. The lowest BCUT2D eigenvalue weighted by Gasteiger charge is -2.33. The first kappa shape index (κ1) is 19.4. The summed E-state index contributed by atoms with van der Waals surface area (Å²) in [6.07, 6.45) is 4.32. The second-order valence-corrected chi connectivity index (χ2v) is 7.37. The van der Waals surface area contributed by atoms with Crippen LogP contribution in [0.25, 0.3) is 11.3 Å². The van der Waals surface area contributed by atoms with E-state index < -0.39 is 0 Å². The highest BCUT2D eigenvalue weighted by molar-refractivity contribution is 6.30. The topological polar surface area (TPSA) is 67.2 Å². The molecule has 0 saturated heterocycles. The Morgan fingerprint density at radius 2 is 2.04 bits per heavy atom. The van der Waals surface area contributed by atoms with Crippen LogP contribution in [0.5, 0.6) is 0 Å². The summed E-state index contributed by atoms with van der Waals surface area (Å²) in [5.41, 5.74) is 2.25. The molecular formula is C20H25ClN4O2. The number of amides is 2. The van der Waals surface area contributed by atoms with Crippen LogP contribution in [0.3, 0.4) is 0 Å². The van der Waals surface area contributed by atoms with Gasteiger partial charge in [0.1, 0.15) is 5.69 Å². The Hall–Kier alpha value is -2.34. The minimum Gasteiger partial charge on any atom is -0.339 e. The van der Waals surface area contributed by atoms with E-state index in [0.717, 1.165) is 36.9 Å². The summed E-state index contributed by atoms with van der Waals surface area (Å²) >= 11 is 5.98. The Balaban J connectivity index is 1.90. The van der Waals surface area contributed by atoms with Crippen molar-refractivity contribution < 1.29 is 9.59 Å². The molecule has 0 saturated carbocycles. The molecule has 3 rings (SSSR count). The van der Waals surface area contributed by atoms with Crippen LogP contribution in [-0.4, -0.2) is 39.7 Å². The minimum absolute atomic E-state index is 0.108. The van der Waals surface area contributed by atoms with Crippen LogP contribution < -0.4 is 5.32 Å². The van der Waals surface area contributed by atoms with Crippen LogP contribution >= 0.6 is 11.6 Å². The molecule has 1 atom stereocenters. The highest BCUT2D eigenvalue weighted by Crippen LogP contribution is 2.29. The summed E-state index contributed by atoms with van der Waals surface area (Å²) in [5, 5.41) is 8.13. The van der Waals surface area contributed by atoms with Gasteiger partial charge >= 0.3 is 0 Å². The fraction of sp³-hybridized carbons (Fsp3) is 0.450. The van der Waals surface area contributed by atoms with E-state index in [9.17, 15) is 9.59 Å². The number of nitrogens with one attached hydrogen (secondary N) is 1. The van der Waals surface area contributed by atoms with Crippen molar-refractivity contribution in [3.63, 3.8) is 0 Å². The molecular weight excluding hydrogens is 364 g/mol. The molecule has 2 amide bonds. The number of hydrogen-bond acceptors (Lipinski definition) is 3. The third-order valence-corrected chi connectivity index (χ3v) is 5.07. The molecule has 1 unspecified atom stereocenters. The van der Waals surface area contributed by atoms with Crippen molar-refractivity contribution in [2.75, 3.05) is 13.2 Å². The average molecular weight is 389 g/mol. The Labute approximate surface area is 164 Å². The van der Waals surface area contributed by atoms with E-state index in [1.807, 2.05) is 35.0 Å². The van der Waals surface area contributed by atoms with Crippen LogP contribution in [0.4, 0.5) is 0 Å². The summed E-state index contributed by atoms with van der Waals surface area (Å²) in [7, 11) is 0. The quantitative estimate of drug-likeness (QED) is 0.732. The van der Waals surface area contributed by atoms with E-state index in [1.165, 1.54) is 6.92 Å². The van der Waals surface area contributed by atoms with Crippen molar-refractivity contribution in [3.05, 3.63) is 41.0 Å². The van der Waals surface area contributed by atoms with Gasteiger partial charge in [0.25, 0.3) is 5.91 Å². The monoisotopic (exact) mass is 388 g/mol. The van der Waals surface area contributed by atoms with Crippen molar-refractivity contribution in [2.45, 2.75) is 45.6 Å². The Morgan fingerprint density at radius 3 is 2.70 bits per heavy atom. The van der Waals surface area contributed by atoms with E-state index in [2.05, 4.69) is 12.2 Å². The maximum atomic E-state index is 12.9. The number of halogens is 1. The van der Waals surface area contributed by atoms with Gasteiger partial charge in [0, 0.05) is 24.1 Å². The van der Waals surface area contributed by atoms with Gasteiger partial charge in [0.15, 0.2) is 0 Å². The van der Waals surface area contributed by atoms with Gasteiger partial charge in [-0.25, -0.2) is 0 Å². The maximum absolute atomic E-state index is 12.9. The normalized spacial score (nSPS) is 16.3. The highest BCUT2D eigenvalue weighted by atomic mass is 35.5. The second kappa shape index (κ2) is 8.57. The van der Waals surface area contributed by atoms with E-state index in [1.54, 1.807) is 4.90 Å². The largest absolute Gasteiger partial charge is 0.339 e. The van der Waals surface area contributed by atoms with Gasteiger partial charge in [-0.1, -0.05) is 49.9 Å². The predicted molar refractivity (Wildman–Crippen MR) is 106 cm³/mol. The van der Waals surface area contributed by atoms with Gasteiger partial charge in [-0.05, 0) is 24.6 Å².